The van der Waals surface area contributed by atoms with Crippen LogP contribution in [0.25, 0.3) is 0 Å². The highest BCUT2D eigenvalue weighted by molar-refractivity contribution is 5.06. The summed E-state index contributed by atoms with van der Waals surface area (Å²) in [5.74, 6) is 0. The van der Waals surface area contributed by atoms with Crippen molar-refractivity contribution >= 4 is 0 Å². The van der Waals surface area contributed by atoms with E-state index in [-0.39, 0.29) is 6.04 Å². The van der Waals surface area contributed by atoms with E-state index in [0.717, 1.165) is 25.1 Å². The van der Waals surface area contributed by atoms with Crippen LogP contribution in [0.3, 0.4) is 0 Å². The van der Waals surface area contributed by atoms with Gasteiger partial charge >= 0.3 is 5.69 Å². The first-order valence-corrected chi connectivity index (χ1v) is 8.66. The van der Waals surface area contributed by atoms with Crippen LogP contribution >= 0.6 is 0 Å². The topological polar surface area (TPSA) is 96.2 Å². The Morgan fingerprint density at radius 1 is 1.44 bits per heavy atom. The third-order valence-electron chi connectivity index (χ3n) is 4.71. The SMILES string of the molecule is CCCn1cc(CN2CC[C@@H](n3ccc(=O)[nH]c3=O)[C@](C)(O)C2)cn1. The van der Waals surface area contributed by atoms with Crippen molar-refractivity contribution in [2.75, 3.05) is 13.1 Å². The van der Waals surface area contributed by atoms with Gasteiger partial charge in [-0.1, -0.05) is 6.92 Å². The average Bonchev–Trinajstić information content (AvgIpc) is 2.95. The van der Waals surface area contributed by atoms with Crippen LogP contribution in [0, 0.1) is 0 Å². The van der Waals surface area contributed by atoms with Crippen molar-refractivity contribution in [3.8, 4) is 0 Å². The molecule has 1 aliphatic heterocycles. The lowest BCUT2D eigenvalue weighted by Gasteiger charge is -2.43. The second kappa shape index (κ2) is 6.97. The van der Waals surface area contributed by atoms with E-state index >= 15 is 0 Å². The monoisotopic (exact) mass is 347 g/mol. The quantitative estimate of drug-likeness (QED) is 0.813. The number of aromatic amines is 1. The molecular formula is C17H25N5O3. The molecule has 0 aromatic carbocycles. The van der Waals surface area contributed by atoms with Gasteiger partial charge in [0.05, 0.1) is 17.8 Å². The van der Waals surface area contributed by atoms with Gasteiger partial charge in [0.15, 0.2) is 0 Å². The maximum Gasteiger partial charge on any atom is 0.328 e. The molecule has 0 unspecified atom stereocenters. The number of aryl methyl sites for hydroxylation is 1. The molecule has 8 heteroatoms. The van der Waals surface area contributed by atoms with Gasteiger partial charge in [-0.25, -0.2) is 4.79 Å². The van der Waals surface area contributed by atoms with Gasteiger partial charge in [-0.05, 0) is 19.8 Å². The Hall–Kier alpha value is -2.19. The van der Waals surface area contributed by atoms with Crippen LogP contribution < -0.4 is 11.2 Å². The summed E-state index contributed by atoms with van der Waals surface area (Å²) >= 11 is 0. The molecule has 2 aromatic heterocycles. The van der Waals surface area contributed by atoms with Gasteiger partial charge in [0.25, 0.3) is 5.56 Å². The third-order valence-corrected chi connectivity index (χ3v) is 4.71. The number of H-pyrrole nitrogens is 1. The van der Waals surface area contributed by atoms with E-state index in [1.807, 2.05) is 17.1 Å². The Morgan fingerprint density at radius 3 is 2.92 bits per heavy atom. The fourth-order valence-corrected chi connectivity index (χ4v) is 3.60. The first-order valence-electron chi connectivity index (χ1n) is 8.66. The van der Waals surface area contributed by atoms with Crippen molar-refractivity contribution in [2.24, 2.45) is 0 Å². The van der Waals surface area contributed by atoms with E-state index in [9.17, 15) is 14.7 Å². The normalized spacial score (nSPS) is 24.5. The summed E-state index contributed by atoms with van der Waals surface area (Å²) in [6.45, 7) is 6.67. The third kappa shape index (κ3) is 3.91. The van der Waals surface area contributed by atoms with Crippen LogP contribution in [-0.2, 0) is 13.1 Å². The number of hydrogen-bond donors (Lipinski definition) is 2. The van der Waals surface area contributed by atoms with Gasteiger partial charge in [0.2, 0.25) is 0 Å². The molecule has 1 aliphatic rings. The van der Waals surface area contributed by atoms with Crippen LogP contribution in [0.5, 0.6) is 0 Å². The number of nitrogens with zero attached hydrogens (tertiary/aromatic N) is 4. The zero-order chi connectivity index (χ0) is 18.0. The molecule has 0 saturated carbocycles. The maximum atomic E-state index is 12.0. The van der Waals surface area contributed by atoms with Crippen molar-refractivity contribution in [3.63, 3.8) is 0 Å². The fourth-order valence-electron chi connectivity index (χ4n) is 3.60. The summed E-state index contributed by atoms with van der Waals surface area (Å²) in [6, 6.07) is 0.947. The van der Waals surface area contributed by atoms with Crippen LogP contribution in [-0.4, -0.2) is 48.0 Å². The highest BCUT2D eigenvalue weighted by Crippen LogP contribution is 2.31. The lowest BCUT2D eigenvalue weighted by atomic mass is 9.88. The number of hydrogen-bond acceptors (Lipinski definition) is 5. The van der Waals surface area contributed by atoms with Crippen molar-refractivity contribution < 1.29 is 5.11 Å². The summed E-state index contributed by atoms with van der Waals surface area (Å²) in [5.41, 5.74) is -0.863. The van der Waals surface area contributed by atoms with Crippen molar-refractivity contribution in [1.82, 2.24) is 24.2 Å². The lowest BCUT2D eigenvalue weighted by Crippen LogP contribution is -2.54. The largest absolute Gasteiger partial charge is 0.387 e. The van der Waals surface area contributed by atoms with E-state index in [4.69, 9.17) is 0 Å². The smallest absolute Gasteiger partial charge is 0.328 e. The number of nitrogens with one attached hydrogen (secondary N) is 1. The lowest BCUT2D eigenvalue weighted by molar-refractivity contribution is -0.0603. The molecule has 0 radical (unpaired) electrons. The van der Waals surface area contributed by atoms with Gasteiger partial charge in [-0.15, -0.1) is 0 Å². The van der Waals surface area contributed by atoms with Gasteiger partial charge < -0.3 is 5.11 Å². The molecule has 0 amide bonds. The molecule has 136 valence electrons. The number of rotatable bonds is 5. The molecule has 0 aliphatic carbocycles. The Bertz CT molecular complexity index is 835. The Balaban J connectivity index is 1.71. The molecule has 2 atom stereocenters. The molecule has 3 heterocycles. The summed E-state index contributed by atoms with van der Waals surface area (Å²) in [5, 5.41) is 15.2. The second-order valence-corrected chi connectivity index (χ2v) is 7.00. The van der Waals surface area contributed by atoms with E-state index in [1.54, 1.807) is 6.92 Å². The van der Waals surface area contributed by atoms with Crippen molar-refractivity contribution in [3.05, 3.63) is 51.1 Å². The minimum Gasteiger partial charge on any atom is -0.387 e. The van der Waals surface area contributed by atoms with Crippen LogP contribution in [0.1, 0.15) is 38.3 Å². The highest BCUT2D eigenvalue weighted by Gasteiger charge is 2.39. The Kier molecular flexibility index (Phi) is 4.91. The van der Waals surface area contributed by atoms with Crippen molar-refractivity contribution in [2.45, 2.75) is 51.4 Å². The van der Waals surface area contributed by atoms with Gasteiger partial charge in [-0.2, -0.15) is 5.10 Å². The fraction of sp³-hybridized carbons (Fsp3) is 0.588. The second-order valence-electron chi connectivity index (χ2n) is 7.00. The minimum absolute atomic E-state index is 0.365. The first kappa shape index (κ1) is 17.6. The molecule has 0 spiro atoms. The summed E-state index contributed by atoms with van der Waals surface area (Å²) in [7, 11) is 0. The Labute approximate surface area is 145 Å². The van der Waals surface area contributed by atoms with E-state index < -0.39 is 16.9 Å². The van der Waals surface area contributed by atoms with Gasteiger partial charge in [-0.3, -0.25) is 23.9 Å². The molecule has 25 heavy (non-hydrogen) atoms. The van der Waals surface area contributed by atoms with Crippen LogP contribution in [0.4, 0.5) is 0 Å². The molecule has 8 nitrogen and oxygen atoms in total. The van der Waals surface area contributed by atoms with E-state index in [0.29, 0.717) is 19.5 Å². The van der Waals surface area contributed by atoms with Crippen molar-refractivity contribution in [1.29, 1.82) is 0 Å². The molecular weight excluding hydrogens is 322 g/mol. The molecule has 1 saturated heterocycles. The van der Waals surface area contributed by atoms with Gasteiger partial charge in [0, 0.05) is 50.2 Å². The highest BCUT2D eigenvalue weighted by atomic mass is 16.3. The van der Waals surface area contributed by atoms with Crippen LogP contribution in [0.2, 0.25) is 0 Å². The number of likely N-dealkylation sites (tertiary alicyclic amines) is 1. The number of aliphatic hydroxyl groups is 1. The zero-order valence-electron chi connectivity index (χ0n) is 14.7. The summed E-state index contributed by atoms with van der Waals surface area (Å²) in [6.07, 6.45) is 7.03. The predicted molar refractivity (Wildman–Crippen MR) is 93.4 cm³/mol. The van der Waals surface area contributed by atoms with E-state index in [1.165, 1.54) is 16.8 Å². The minimum atomic E-state index is -1.07. The molecule has 3 rings (SSSR count). The maximum absolute atomic E-state index is 12.0. The predicted octanol–water partition coefficient (Wildman–Crippen LogP) is 0.341. The van der Waals surface area contributed by atoms with Gasteiger partial charge in [0.1, 0.15) is 0 Å². The number of piperidine rings is 1. The molecule has 2 N–H and O–H groups in total. The van der Waals surface area contributed by atoms with E-state index in [2.05, 4.69) is 21.9 Å². The molecule has 0 bridgehead atoms. The summed E-state index contributed by atoms with van der Waals surface area (Å²) < 4.78 is 3.36. The molecule has 2 aromatic rings. The Morgan fingerprint density at radius 2 is 2.24 bits per heavy atom. The zero-order valence-corrected chi connectivity index (χ0v) is 14.7. The average molecular weight is 347 g/mol. The number of β-amino-alcohol motifs (C(OH)–C–C–N with tert-alkyl or cyclic N) is 1. The number of aromatic nitrogens is 4. The standard InChI is InChI=1S/C17H25N5O3/c1-3-6-21-11-13(9-18-21)10-20-7-4-14(17(2,25)12-20)22-8-5-15(23)19-16(22)24/h5,8-9,11,14,25H,3-4,6-7,10,12H2,1-2H3,(H,19,23,24)/t14-,17-/m1/s1. The molecule has 1 fully saturated rings. The first-order chi connectivity index (χ1) is 11.9. The summed E-state index contributed by atoms with van der Waals surface area (Å²) in [4.78, 5) is 27.7. The van der Waals surface area contributed by atoms with Crippen LogP contribution in [0.15, 0.2) is 34.2 Å².